The van der Waals surface area contributed by atoms with Crippen LogP contribution in [0.1, 0.15) is 34.3 Å². The summed E-state index contributed by atoms with van der Waals surface area (Å²) in [6.07, 6.45) is 2.41. The van der Waals surface area contributed by atoms with Crippen LogP contribution < -0.4 is 5.32 Å². The minimum atomic E-state index is -3.85. The molecule has 33 heavy (non-hydrogen) atoms. The van der Waals surface area contributed by atoms with Gasteiger partial charge in [-0.05, 0) is 48.6 Å². The van der Waals surface area contributed by atoms with E-state index in [1.54, 1.807) is 0 Å². The molecular weight excluding hydrogens is 468 g/mol. The predicted molar refractivity (Wildman–Crippen MR) is 121 cm³/mol. The number of hydrogen-bond acceptors (Lipinski definition) is 6. The number of ether oxygens (including phenoxy) is 2. The summed E-state index contributed by atoms with van der Waals surface area (Å²) in [4.78, 5) is 24.4. The number of esters is 1. The summed E-state index contributed by atoms with van der Waals surface area (Å²) in [5.41, 5.74) is 1.97. The summed E-state index contributed by atoms with van der Waals surface area (Å²) in [6.45, 7) is 1.13. The van der Waals surface area contributed by atoms with E-state index in [4.69, 9.17) is 21.1 Å². The van der Waals surface area contributed by atoms with Crippen molar-refractivity contribution in [2.24, 2.45) is 0 Å². The standard InChI is InChI=1S/C23H25ClN2O6S/c24-21-8-7-19(33(29,30)26-10-9-16-4-1-2-5-17(16)14-26)12-20(21)23(28)32-15-22(27)25-13-18-6-3-11-31-18/h1-2,4-5,7-8,12,18H,3,6,9-11,13-15H2,(H,25,27). The number of fused-ring (bicyclic) bond motifs is 1. The first-order chi connectivity index (χ1) is 15.8. The van der Waals surface area contributed by atoms with E-state index in [1.807, 2.05) is 24.3 Å². The highest BCUT2D eigenvalue weighted by molar-refractivity contribution is 7.89. The quantitative estimate of drug-likeness (QED) is 0.596. The zero-order valence-electron chi connectivity index (χ0n) is 18.0. The van der Waals surface area contributed by atoms with E-state index in [2.05, 4.69) is 5.32 Å². The third-order valence-electron chi connectivity index (χ3n) is 5.78. The topological polar surface area (TPSA) is 102 Å². The molecule has 1 fully saturated rings. The van der Waals surface area contributed by atoms with Crippen LogP contribution in [0.15, 0.2) is 47.4 Å². The normalized spacial score (nSPS) is 18.5. The fourth-order valence-corrected chi connectivity index (χ4v) is 5.58. The summed E-state index contributed by atoms with van der Waals surface area (Å²) >= 11 is 6.13. The van der Waals surface area contributed by atoms with Crippen molar-refractivity contribution in [3.05, 3.63) is 64.2 Å². The van der Waals surface area contributed by atoms with Crippen molar-refractivity contribution in [1.82, 2.24) is 9.62 Å². The van der Waals surface area contributed by atoms with Crippen LogP contribution in [-0.2, 0) is 37.3 Å². The molecule has 2 heterocycles. The molecule has 1 N–H and O–H groups in total. The molecule has 8 nitrogen and oxygen atoms in total. The minimum absolute atomic E-state index is 0.0252. The largest absolute Gasteiger partial charge is 0.452 e. The minimum Gasteiger partial charge on any atom is -0.452 e. The van der Waals surface area contributed by atoms with Crippen LogP contribution in [0.4, 0.5) is 0 Å². The molecule has 0 radical (unpaired) electrons. The van der Waals surface area contributed by atoms with Crippen molar-refractivity contribution in [3.63, 3.8) is 0 Å². The number of carbonyl (C=O) groups excluding carboxylic acids is 2. The van der Waals surface area contributed by atoms with Gasteiger partial charge in [-0.2, -0.15) is 4.31 Å². The average Bonchev–Trinajstić information content (AvgIpc) is 3.35. The molecule has 1 amide bonds. The third kappa shape index (κ3) is 5.55. The predicted octanol–water partition coefficient (Wildman–Crippen LogP) is 2.54. The molecule has 0 bridgehead atoms. The molecule has 2 aromatic rings. The van der Waals surface area contributed by atoms with Crippen LogP contribution in [0, 0.1) is 0 Å². The summed E-state index contributed by atoms with van der Waals surface area (Å²) in [5.74, 6) is -1.33. The molecule has 0 aliphatic carbocycles. The molecule has 1 unspecified atom stereocenters. The van der Waals surface area contributed by atoms with Crippen LogP contribution in [-0.4, -0.2) is 57.0 Å². The lowest BCUT2D eigenvalue weighted by Crippen LogP contribution is -2.36. The van der Waals surface area contributed by atoms with Gasteiger partial charge in [0.15, 0.2) is 6.61 Å². The summed E-state index contributed by atoms with van der Waals surface area (Å²) < 4.78 is 38.3. The third-order valence-corrected chi connectivity index (χ3v) is 7.95. The van der Waals surface area contributed by atoms with E-state index in [0.29, 0.717) is 26.1 Å². The highest BCUT2D eigenvalue weighted by Gasteiger charge is 2.29. The van der Waals surface area contributed by atoms with E-state index < -0.39 is 28.5 Å². The van der Waals surface area contributed by atoms with Crippen molar-refractivity contribution in [1.29, 1.82) is 0 Å². The van der Waals surface area contributed by atoms with Crippen molar-refractivity contribution >= 4 is 33.5 Å². The first-order valence-corrected chi connectivity index (χ1v) is 12.6. The highest BCUT2D eigenvalue weighted by atomic mass is 35.5. The Morgan fingerprint density at radius 3 is 2.73 bits per heavy atom. The molecule has 1 saturated heterocycles. The Morgan fingerprint density at radius 2 is 1.97 bits per heavy atom. The van der Waals surface area contributed by atoms with Crippen LogP contribution in [0.5, 0.6) is 0 Å². The van der Waals surface area contributed by atoms with Gasteiger partial charge >= 0.3 is 5.97 Å². The molecule has 0 aromatic heterocycles. The van der Waals surface area contributed by atoms with Gasteiger partial charge in [0, 0.05) is 26.2 Å². The van der Waals surface area contributed by atoms with Gasteiger partial charge in [0.05, 0.1) is 21.6 Å². The second-order valence-corrected chi connectivity index (χ2v) is 10.4. The Bertz CT molecular complexity index is 1150. The zero-order chi connectivity index (χ0) is 23.4. The van der Waals surface area contributed by atoms with E-state index >= 15 is 0 Å². The average molecular weight is 493 g/mol. The first kappa shape index (κ1) is 23.7. The SMILES string of the molecule is O=C(COC(=O)c1cc(S(=O)(=O)N2CCc3ccccc3C2)ccc1Cl)NCC1CCCO1. The Balaban J connectivity index is 1.41. The maximum Gasteiger partial charge on any atom is 0.340 e. The molecule has 4 rings (SSSR count). The summed E-state index contributed by atoms with van der Waals surface area (Å²) in [5, 5.41) is 2.70. The van der Waals surface area contributed by atoms with Gasteiger partial charge in [0.25, 0.3) is 5.91 Å². The molecule has 1 atom stereocenters. The van der Waals surface area contributed by atoms with Gasteiger partial charge < -0.3 is 14.8 Å². The number of nitrogens with zero attached hydrogens (tertiary/aromatic N) is 1. The summed E-state index contributed by atoms with van der Waals surface area (Å²) in [6, 6.07) is 11.6. The lowest BCUT2D eigenvalue weighted by Gasteiger charge is -2.28. The van der Waals surface area contributed by atoms with Gasteiger partial charge in [-0.1, -0.05) is 35.9 Å². The van der Waals surface area contributed by atoms with Crippen LogP contribution in [0.25, 0.3) is 0 Å². The fourth-order valence-electron chi connectivity index (χ4n) is 3.94. The number of benzene rings is 2. The number of carbonyl (C=O) groups is 2. The molecular formula is C23H25ClN2O6S. The van der Waals surface area contributed by atoms with Crippen LogP contribution in [0.2, 0.25) is 5.02 Å². The maximum absolute atomic E-state index is 13.2. The van der Waals surface area contributed by atoms with Gasteiger partial charge in [0.1, 0.15) is 0 Å². The van der Waals surface area contributed by atoms with Gasteiger partial charge in [-0.15, -0.1) is 0 Å². The van der Waals surface area contributed by atoms with Crippen LogP contribution >= 0.6 is 11.6 Å². The summed E-state index contributed by atoms with van der Waals surface area (Å²) in [7, 11) is -3.85. The van der Waals surface area contributed by atoms with Crippen molar-refractivity contribution in [2.45, 2.75) is 36.8 Å². The lowest BCUT2D eigenvalue weighted by molar-refractivity contribution is -0.124. The molecule has 0 saturated carbocycles. The molecule has 0 spiro atoms. The van der Waals surface area contributed by atoms with E-state index in [9.17, 15) is 18.0 Å². The first-order valence-electron chi connectivity index (χ1n) is 10.8. The Labute approximate surface area is 197 Å². The second kappa shape index (κ2) is 10.2. The molecule has 176 valence electrons. The Morgan fingerprint density at radius 1 is 1.18 bits per heavy atom. The van der Waals surface area contributed by atoms with E-state index in [-0.39, 0.29) is 28.1 Å². The van der Waals surface area contributed by atoms with Gasteiger partial charge in [-0.25, -0.2) is 13.2 Å². The maximum atomic E-state index is 13.2. The number of amides is 1. The van der Waals surface area contributed by atoms with Crippen molar-refractivity contribution < 1.29 is 27.5 Å². The number of halogens is 1. The number of nitrogens with one attached hydrogen (secondary N) is 1. The molecule has 10 heteroatoms. The van der Waals surface area contributed by atoms with E-state index in [1.165, 1.54) is 22.5 Å². The molecule has 2 aliphatic rings. The number of rotatable bonds is 7. The van der Waals surface area contributed by atoms with Gasteiger partial charge in [-0.3, -0.25) is 4.79 Å². The van der Waals surface area contributed by atoms with Crippen molar-refractivity contribution in [3.8, 4) is 0 Å². The Kier molecular flexibility index (Phi) is 7.33. The smallest absolute Gasteiger partial charge is 0.340 e. The fraction of sp³-hybridized carbons (Fsp3) is 0.391. The number of sulfonamides is 1. The second-order valence-electron chi connectivity index (χ2n) is 8.01. The lowest BCUT2D eigenvalue weighted by atomic mass is 10.0. The monoisotopic (exact) mass is 492 g/mol. The molecule has 2 aromatic carbocycles. The number of hydrogen-bond donors (Lipinski definition) is 1. The highest BCUT2D eigenvalue weighted by Crippen LogP contribution is 2.27. The van der Waals surface area contributed by atoms with E-state index in [0.717, 1.165) is 24.0 Å². The zero-order valence-corrected chi connectivity index (χ0v) is 19.5. The van der Waals surface area contributed by atoms with Gasteiger partial charge in [0.2, 0.25) is 10.0 Å². The molecule has 2 aliphatic heterocycles. The Hall–Kier alpha value is -2.46. The van der Waals surface area contributed by atoms with Crippen LogP contribution in [0.3, 0.4) is 0 Å². The van der Waals surface area contributed by atoms with Crippen molar-refractivity contribution in [2.75, 3.05) is 26.3 Å².